The molecule has 1 aliphatic heterocycles. The number of anilines is 1. The molecule has 0 aliphatic carbocycles. The van der Waals surface area contributed by atoms with Gasteiger partial charge in [0, 0.05) is 37.1 Å². The molecule has 168 valence electrons. The summed E-state index contributed by atoms with van der Waals surface area (Å²) in [5.41, 5.74) is 1.25. The predicted molar refractivity (Wildman–Crippen MR) is 130 cm³/mol. The molecular weight excluding hydrogens is 456 g/mol. The molecule has 0 amide bonds. The molecule has 3 heterocycles. The molecule has 9 heteroatoms. The maximum atomic E-state index is 13.2. The van der Waals surface area contributed by atoms with E-state index in [1.165, 1.54) is 17.3 Å². The minimum absolute atomic E-state index is 0.149. The fourth-order valence-corrected chi connectivity index (χ4v) is 6.11. The fourth-order valence-electron chi connectivity index (χ4n) is 3.98. The number of ketones is 1. The Kier molecular flexibility index (Phi) is 5.69. The number of benzene rings is 2. The van der Waals surface area contributed by atoms with E-state index in [-0.39, 0.29) is 10.7 Å². The van der Waals surface area contributed by atoms with Crippen LogP contribution in [0.25, 0.3) is 21.6 Å². The highest BCUT2D eigenvalue weighted by atomic mass is 32.2. The Balaban J connectivity index is 1.43. The van der Waals surface area contributed by atoms with Crippen LogP contribution in [0.3, 0.4) is 0 Å². The largest absolute Gasteiger partial charge is 0.353 e. The van der Waals surface area contributed by atoms with Gasteiger partial charge in [0.1, 0.15) is 5.82 Å². The van der Waals surface area contributed by atoms with E-state index >= 15 is 0 Å². The summed E-state index contributed by atoms with van der Waals surface area (Å²) in [6, 6.07) is 18.1. The Bertz CT molecular complexity index is 1430. The van der Waals surface area contributed by atoms with E-state index in [0.717, 1.165) is 21.6 Å². The van der Waals surface area contributed by atoms with E-state index in [9.17, 15) is 13.2 Å². The number of nitrogens with zero attached hydrogens (tertiary/aromatic N) is 4. The number of Topliss-reactive ketones (excluding diaryl/α,β-unsaturated/α-hetero) is 1. The monoisotopic (exact) mass is 478 g/mol. The lowest BCUT2D eigenvalue weighted by atomic mass is 10.2. The summed E-state index contributed by atoms with van der Waals surface area (Å²) in [5, 5.41) is 2.95. The van der Waals surface area contributed by atoms with Gasteiger partial charge in [-0.2, -0.15) is 4.31 Å². The first-order valence-electron chi connectivity index (χ1n) is 10.6. The van der Waals surface area contributed by atoms with Crippen molar-refractivity contribution in [2.45, 2.75) is 11.8 Å². The number of thiophene rings is 1. The van der Waals surface area contributed by atoms with Gasteiger partial charge in [-0.05, 0) is 42.6 Å². The summed E-state index contributed by atoms with van der Waals surface area (Å²) in [5.74, 6) is 1.34. The van der Waals surface area contributed by atoms with Crippen molar-refractivity contribution in [3.63, 3.8) is 0 Å². The zero-order valence-electron chi connectivity index (χ0n) is 18.0. The van der Waals surface area contributed by atoms with Crippen molar-refractivity contribution < 1.29 is 13.2 Å². The number of carbonyl (C=O) groups excluding carboxylic acids is 1. The normalized spacial score (nSPS) is 15.1. The van der Waals surface area contributed by atoms with Crippen LogP contribution in [-0.4, -0.2) is 54.7 Å². The number of hydrogen-bond donors (Lipinski definition) is 0. The second-order valence-corrected chi connectivity index (χ2v) is 10.7. The van der Waals surface area contributed by atoms with Gasteiger partial charge in [-0.1, -0.05) is 30.3 Å². The maximum Gasteiger partial charge on any atom is 0.243 e. The van der Waals surface area contributed by atoms with Crippen molar-refractivity contribution in [1.82, 2.24) is 14.3 Å². The van der Waals surface area contributed by atoms with Crippen LogP contribution >= 0.6 is 11.3 Å². The Morgan fingerprint density at radius 1 is 0.939 bits per heavy atom. The van der Waals surface area contributed by atoms with Crippen LogP contribution in [0.2, 0.25) is 0 Å². The summed E-state index contributed by atoms with van der Waals surface area (Å²) >= 11 is 1.59. The van der Waals surface area contributed by atoms with Crippen LogP contribution in [0.1, 0.15) is 17.3 Å². The van der Waals surface area contributed by atoms with Crippen molar-refractivity contribution >= 4 is 43.9 Å². The highest BCUT2D eigenvalue weighted by Gasteiger charge is 2.30. The predicted octanol–water partition coefficient (Wildman–Crippen LogP) is 4.07. The van der Waals surface area contributed by atoms with Gasteiger partial charge in [0.05, 0.1) is 15.3 Å². The minimum atomic E-state index is -3.69. The van der Waals surface area contributed by atoms with Crippen LogP contribution in [0, 0.1) is 0 Å². The van der Waals surface area contributed by atoms with Crippen LogP contribution in [-0.2, 0) is 10.0 Å². The Morgan fingerprint density at radius 2 is 1.73 bits per heavy atom. The molecule has 2 aromatic carbocycles. The number of piperazine rings is 1. The first-order chi connectivity index (χ1) is 15.9. The van der Waals surface area contributed by atoms with E-state index in [4.69, 9.17) is 9.97 Å². The fraction of sp³-hybridized carbons (Fsp3) is 0.208. The zero-order valence-corrected chi connectivity index (χ0v) is 19.6. The third-order valence-corrected chi connectivity index (χ3v) is 8.50. The first-order valence-corrected chi connectivity index (χ1v) is 12.9. The van der Waals surface area contributed by atoms with Crippen LogP contribution in [0.15, 0.2) is 70.9 Å². The number of para-hydroxylation sites is 1. The summed E-state index contributed by atoms with van der Waals surface area (Å²) < 4.78 is 27.9. The Hall–Kier alpha value is -3.14. The van der Waals surface area contributed by atoms with Gasteiger partial charge in [0.15, 0.2) is 11.6 Å². The van der Waals surface area contributed by atoms with Crippen molar-refractivity contribution in [3.8, 4) is 10.7 Å². The van der Waals surface area contributed by atoms with Gasteiger partial charge in [-0.25, -0.2) is 18.4 Å². The molecule has 0 bridgehead atoms. The molecule has 0 N–H and O–H groups in total. The molecule has 0 spiro atoms. The topological polar surface area (TPSA) is 83.5 Å². The van der Waals surface area contributed by atoms with Crippen molar-refractivity contribution in [3.05, 3.63) is 71.6 Å². The van der Waals surface area contributed by atoms with Crippen molar-refractivity contribution in [1.29, 1.82) is 0 Å². The van der Waals surface area contributed by atoms with E-state index in [1.54, 1.807) is 29.5 Å². The third-order valence-electron chi connectivity index (χ3n) is 5.74. The summed E-state index contributed by atoms with van der Waals surface area (Å²) in [6.07, 6.45) is 0. The van der Waals surface area contributed by atoms with Gasteiger partial charge in [0.2, 0.25) is 10.0 Å². The average molecular weight is 479 g/mol. The maximum absolute atomic E-state index is 13.2. The Morgan fingerprint density at radius 3 is 2.45 bits per heavy atom. The molecule has 7 nitrogen and oxygen atoms in total. The molecule has 4 aromatic rings. The minimum Gasteiger partial charge on any atom is -0.353 e. The van der Waals surface area contributed by atoms with E-state index in [2.05, 4.69) is 4.90 Å². The lowest BCUT2D eigenvalue weighted by Crippen LogP contribution is -2.49. The summed E-state index contributed by atoms with van der Waals surface area (Å²) in [6.45, 7) is 3.12. The number of rotatable bonds is 5. The zero-order chi connectivity index (χ0) is 23.0. The second-order valence-electron chi connectivity index (χ2n) is 7.84. The highest BCUT2D eigenvalue weighted by molar-refractivity contribution is 7.89. The molecule has 0 atom stereocenters. The van der Waals surface area contributed by atoms with Crippen LogP contribution in [0.5, 0.6) is 0 Å². The third kappa shape index (κ3) is 4.15. The number of aromatic nitrogens is 2. The van der Waals surface area contributed by atoms with Gasteiger partial charge >= 0.3 is 0 Å². The highest BCUT2D eigenvalue weighted by Crippen LogP contribution is 2.30. The molecule has 1 aliphatic rings. The van der Waals surface area contributed by atoms with Crippen molar-refractivity contribution in [2.24, 2.45) is 0 Å². The standard InChI is InChI=1S/C24H22N4O3S2/c1-17(29)18-6-4-7-19(16-18)33(30,31)28-13-11-27(12-14-28)24-20-8-2-3-9-21(20)25-23(26-24)22-10-5-15-32-22/h2-10,15-16H,11-14H2,1H3. The van der Waals surface area contributed by atoms with Crippen LogP contribution < -0.4 is 4.90 Å². The first kappa shape index (κ1) is 21.7. The average Bonchev–Trinajstić information content (AvgIpc) is 3.39. The Labute approximate surface area is 196 Å². The van der Waals surface area contributed by atoms with Crippen LogP contribution in [0.4, 0.5) is 5.82 Å². The SMILES string of the molecule is CC(=O)c1cccc(S(=O)(=O)N2CCN(c3nc(-c4cccs4)nc4ccccc34)CC2)c1. The number of hydrogen-bond acceptors (Lipinski definition) is 7. The van der Waals surface area contributed by atoms with E-state index in [1.807, 2.05) is 41.8 Å². The van der Waals surface area contributed by atoms with Gasteiger partial charge in [-0.3, -0.25) is 4.79 Å². The smallest absolute Gasteiger partial charge is 0.243 e. The number of sulfonamides is 1. The number of carbonyl (C=O) groups is 1. The number of fused-ring (bicyclic) bond motifs is 1. The molecule has 0 saturated carbocycles. The van der Waals surface area contributed by atoms with E-state index in [0.29, 0.717) is 37.6 Å². The molecule has 2 aromatic heterocycles. The molecule has 1 fully saturated rings. The molecular formula is C24H22N4O3S2. The van der Waals surface area contributed by atoms with Crippen molar-refractivity contribution in [2.75, 3.05) is 31.1 Å². The quantitative estimate of drug-likeness (QED) is 0.402. The molecule has 0 radical (unpaired) electrons. The summed E-state index contributed by atoms with van der Waals surface area (Å²) in [4.78, 5) is 24.6. The second kappa shape index (κ2) is 8.66. The van der Waals surface area contributed by atoms with Gasteiger partial charge in [0.25, 0.3) is 0 Å². The lowest BCUT2D eigenvalue weighted by Gasteiger charge is -2.35. The van der Waals surface area contributed by atoms with Gasteiger partial charge < -0.3 is 4.90 Å². The molecule has 33 heavy (non-hydrogen) atoms. The molecule has 5 rings (SSSR count). The van der Waals surface area contributed by atoms with Gasteiger partial charge in [-0.15, -0.1) is 11.3 Å². The van der Waals surface area contributed by atoms with E-state index < -0.39 is 10.0 Å². The molecule has 1 saturated heterocycles. The summed E-state index contributed by atoms with van der Waals surface area (Å²) in [7, 11) is -3.69. The lowest BCUT2D eigenvalue weighted by molar-refractivity contribution is 0.101. The molecule has 0 unspecified atom stereocenters.